The van der Waals surface area contributed by atoms with Crippen LogP contribution in [0.2, 0.25) is 5.02 Å². The maximum Gasteiger partial charge on any atom is 0.339 e. The van der Waals surface area contributed by atoms with Crippen molar-refractivity contribution in [3.8, 4) is 0 Å². The number of hydrogen-bond donors (Lipinski definition) is 2. The summed E-state index contributed by atoms with van der Waals surface area (Å²) in [6.45, 7) is 9.50. The number of rotatable bonds is 16. The van der Waals surface area contributed by atoms with E-state index in [1.807, 2.05) is 35.8 Å². The Morgan fingerprint density at radius 2 is 1.54 bits per heavy atom. The van der Waals surface area contributed by atoms with Crippen LogP contribution >= 0.6 is 11.6 Å². The van der Waals surface area contributed by atoms with Gasteiger partial charge in [0.25, 0.3) is 0 Å². The fourth-order valence-electron chi connectivity index (χ4n) is 5.01. The smallest absolute Gasteiger partial charge is 0.339 e. The zero-order valence-electron chi connectivity index (χ0n) is 25.0. The average molecular weight is 584 g/mol. The maximum absolute atomic E-state index is 12.8. The molecule has 0 aliphatic rings. The summed E-state index contributed by atoms with van der Waals surface area (Å²) in [5.41, 5.74) is 5.94. The van der Waals surface area contributed by atoms with E-state index in [1.54, 1.807) is 12.1 Å². The molecule has 2 amide bonds. The van der Waals surface area contributed by atoms with Gasteiger partial charge in [0.05, 0.1) is 33.9 Å². The summed E-state index contributed by atoms with van der Waals surface area (Å²) in [5.74, 6) is -0.434. The lowest BCUT2D eigenvalue weighted by Gasteiger charge is -2.11. The van der Waals surface area contributed by atoms with Gasteiger partial charge in [0.1, 0.15) is 0 Å². The van der Waals surface area contributed by atoms with Gasteiger partial charge >= 0.3 is 12.0 Å². The number of nitrogens with one attached hydrogen (secondary N) is 2. The van der Waals surface area contributed by atoms with Crippen LogP contribution in [-0.4, -0.2) is 27.7 Å². The molecule has 3 aromatic rings. The van der Waals surface area contributed by atoms with Gasteiger partial charge < -0.3 is 19.2 Å². The van der Waals surface area contributed by atoms with Gasteiger partial charge in [0.15, 0.2) is 0 Å². The number of nitrogens with zero attached hydrogens (tertiary/aromatic N) is 3. The molecule has 41 heavy (non-hydrogen) atoms. The Balaban J connectivity index is 1.53. The summed E-state index contributed by atoms with van der Waals surface area (Å²) < 4.78 is 9.59. The molecule has 0 aliphatic heterocycles. The number of aromatic nitrogens is 2. The molecule has 0 spiro atoms. The fourth-order valence-corrected chi connectivity index (χ4v) is 5.18. The Morgan fingerprint density at radius 1 is 0.902 bits per heavy atom. The lowest BCUT2D eigenvalue weighted by atomic mass is 10.1. The molecular weight excluding hydrogens is 538 g/mol. The largest absolute Gasteiger partial charge is 0.462 e. The fraction of sp³-hybridized carbons (Fsp3) is 0.531. The van der Waals surface area contributed by atoms with Crippen molar-refractivity contribution in [2.45, 2.75) is 104 Å². The van der Waals surface area contributed by atoms with E-state index >= 15 is 0 Å². The van der Waals surface area contributed by atoms with Crippen molar-refractivity contribution in [1.29, 1.82) is 0 Å². The number of aryl methyl sites for hydroxylation is 1. The Bertz CT molecular complexity index is 1340. The van der Waals surface area contributed by atoms with Crippen LogP contribution < -0.4 is 16.4 Å². The molecule has 3 rings (SSSR count). The summed E-state index contributed by atoms with van der Waals surface area (Å²) in [5, 5.41) is 7.46. The minimum Gasteiger partial charge on any atom is -0.462 e. The molecule has 8 nitrogen and oxygen atoms in total. The molecule has 0 bridgehead atoms. The molecule has 9 heteroatoms. The predicted octanol–water partition coefficient (Wildman–Crippen LogP) is 8.41. The van der Waals surface area contributed by atoms with Crippen LogP contribution in [0.4, 0.5) is 10.5 Å². The third-order valence-electron chi connectivity index (χ3n) is 7.16. The number of unbranched alkanes of at least 4 members (excludes halogenated alkanes) is 9. The molecule has 2 aromatic carbocycles. The second kappa shape index (κ2) is 16.9. The number of imidazole rings is 1. The highest BCUT2D eigenvalue weighted by Crippen LogP contribution is 2.24. The number of urea groups is 1. The van der Waals surface area contributed by atoms with Gasteiger partial charge in [-0.15, -0.1) is 5.10 Å². The first-order chi connectivity index (χ1) is 19.9. The van der Waals surface area contributed by atoms with Crippen LogP contribution in [-0.2, 0) is 11.3 Å². The number of para-hydroxylation sites is 2. The first-order valence-corrected chi connectivity index (χ1v) is 15.5. The van der Waals surface area contributed by atoms with Gasteiger partial charge in [-0.25, -0.2) is 15.0 Å². The SMILES string of the molecule is CCCCCCCCCCCCOC(=O)c1ccc(Cl)c(NC(=O)NN=c2n(CC)c3ccccc3n2C(C)C)c1. The third kappa shape index (κ3) is 9.38. The molecular formula is C32H46ClN5O3. The van der Waals surface area contributed by atoms with E-state index in [1.165, 1.54) is 51.0 Å². The summed E-state index contributed by atoms with van der Waals surface area (Å²) in [4.78, 5) is 25.4. The molecule has 2 N–H and O–H groups in total. The normalized spacial score (nSPS) is 11.8. The zero-order valence-corrected chi connectivity index (χ0v) is 25.8. The molecule has 0 saturated heterocycles. The minimum atomic E-state index is -0.564. The van der Waals surface area contributed by atoms with Crippen LogP contribution in [0, 0.1) is 0 Å². The van der Waals surface area contributed by atoms with Crippen molar-refractivity contribution in [3.05, 3.63) is 58.7 Å². The lowest BCUT2D eigenvalue weighted by Crippen LogP contribution is -2.33. The zero-order chi connectivity index (χ0) is 29.6. The monoisotopic (exact) mass is 583 g/mol. The Kier molecular flexibility index (Phi) is 13.3. The standard InChI is InChI=1S/C32H46ClN5O3/c1-5-7-8-9-10-11-12-13-14-17-22-41-30(39)25-20-21-26(33)27(23-25)34-31(40)35-36-32-37(6-2)28-18-15-16-19-29(28)38(32)24(3)4/h15-16,18-21,23-24H,5-14,17,22H2,1-4H3,(H2,34,35,40). The molecule has 0 radical (unpaired) electrons. The summed E-state index contributed by atoms with van der Waals surface area (Å²) in [6, 6.07) is 12.3. The van der Waals surface area contributed by atoms with Crippen molar-refractivity contribution >= 4 is 40.3 Å². The molecule has 0 saturated carbocycles. The summed E-state index contributed by atoms with van der Waals surface area (Å²) in [6.07, 6.45) is 12.2. The van der Waals surface area contributed by atoms with Crippen LogP contribution in [0.15, 0.2) is 47.6 Å². The molecule has 224 valence electrons. The highest BCUT2D eigenvalue weighted by molar-refractivity contribution is 6.33. The van der Waals surface area contributed by atoms with E-state index < -0.39 is 12.0 Å². The van der Waals surface area contributed by atoms with Gasteiger partial charge in [-0.2, -0.15) is 0 Å². The van der Waals surface area contributed by atoms with Crippen LogP contribution in [0.1, 0.15) is 108 Å². The average Bonchev–Trinajstić information content (AvgIpc) is 3.29. The topological polar surface area (TPSA) is 89.7 Å². The highest BCUT2D eigenvalue weighted by atomic mass is 35.5. The van der Waals surface area contributed by atoms with E-state index in [9.17, 15) is 9.59 Å². The van der Waals surface area contributed by atoms with Crippen molar-refractivity contribution in [1.82, 2.24) is 14.6 Å². The van der Waals surface area contributed by atoms with Crippen molar-refractivity contribution in [3.63, 3.8) is 0 Å². The first kappa shape index (κ1) is 32.3. The van der Waals surface area contributed by atoms with Crippen molar-refractivity contribution in [2.24, 2.45) is 5.10 Å². The Labute approximate surface area is 249 Å². The highest BCUT2D eigenvalue weighted by Gasteiger charge is 2.15. The number of fused-ring (bicyclic) bond motifs is 1. The number of ether oxygens (including phenoxy) is 1. The predicted molar refractivity (Wildman–Crippen MR) is 167 cm³/mol. The molecule has 1 heterocycles. The third-order valence-corrected chi connectivity index (χ3v) is 7.49. The van der Waals surface area contributed by atoms with Gasteiger partial charge in [-0.1, -0.05) is 88.4 Å². The van der Waals surface area contributed by atoms with Crippen molar-refractivity contribution < 1.29 is 14.3 Å². The molecule has 0 unspecified atom stereocenters. The van der Waals surface area contributed by atoms with Gasteiger partial charge in [0, 0.05) is 12.6 Å². The number of carbonyl (C=O) groups is 2. The van der Waals surface area contributed by atoms with Gasteiger partial charge in [-0.3, -0.25) is 0 Å². The Hall–Kier alpha value is -3.26. The second-order valence-corrected chi connectivity index (χ2v) is 11.1. The molecule has 0 aliphatic carbocycles. The summed E-state index contributed by atoms with van der Waals surface area (Å²) in [7, 11) is 0. The summed E-state index contributed by atoms with van der Waals surface area (Å²) >= 11 is 6.32. The minimum absolute atomic E-state index is 0.133. The second-order valence-electron chi connectivity index (χ2n) is 10.7. The van der Waals surface area contributed by atoms with E-state index in [4.69, 9.17) is 16.3 Å². The maximum atomic E-state index is 12.8. The van der Waals surface area contributed by atoms with Gasteiger partial charge in [-0.05, 0) is 57.5 Å². The van der Waals surface area contributed by atoms with Gasteiger partial charge in [0.2, 0.25) is 5.62 Å². The number of benzene rings is 2. The van der Waals surface area contributed by atoms with E-state index in [0.717, 1.165) is 30.3 Å². The number of anilines is 1. The molecule has 0 fully saturated rings. The molecule has 0 atom stereocenters. The van der Waals surface area contributed by atoms with Crippen LogP contribution in [0.3, 0.4) is 0 Å². The number of carbonyl (C=O) groups excluding carboxylic acids is 2. The van der Waals surface area contributed by atoms with E-state index in [-0.39, 0.29) is 6.04 Å². The molecule has 1 aromatic heterocycles. The van der Waals surface area contributed by atoms with E-state index in [2.05, 4.69) is 41.2 Å². The lowest BCUT2D eigenvalue weighted by molar-refractivity contribution is 0.0497. The quantitative estimate of drug-likeness (QED) is 0.101. The number of halogens is 1. The van der Waals surface area contributed by atoms with Crippen LogP contribution in [0.25, 0.3) is 11.0 Å². The van der Waals surface area contributed by atoms with E-state index in [0.29, 0.717) is 35.0 Å². The number of esters is 1. The Morgan fingerprint density at radius 3 is 2.17 bits per heavy atom. The van der Waals surface area contributed by atoms with Crippen LogP contribution in [0.5, 0.6) is 0 Å². The van der Waals surface area contributed by atoms with Crippen molar-refractivity contribution in [2.75, 3.05) is 11.9 Å². The number of hydrogen-bond acceptors (Lipinski definition) is 4. The first-order valence-electron chi connectivity index (χ1n) is 15.1. The number of amides is 2.